The van der Waals surface area contributed by atoms with Crippen molar-refractivity contribution in [2.45, 2.75) is 13.0 Å². The molecule has 0 saturated carbocycles. The number of hydrogen-bond acceptors (Lipinski definition) is 2. The number of aldehydes is 1. The molecular weight excluding hydrogens is 178 g/mol. The third-order valence-electron chi connectivity index (χ3n) is 2.28. The lowest BCUT2D eigenvalue weighted by Crippen LogP contribution is -1.83. The second-order valence-electron chi connectivity index (χ2n) is 3.20. The van der Waals surface area contributed by atoms with E-state index in [4.69, 9.17) is 5.11 Å². The van der Waals surface area contributed by atoms with Crippen LogP contribution in [0.25, 0.3) is 10.9 Å². The Bertz CT molecular complexity index is 459. The van der Waals surface area contributed by atoms with Crippen molar-refractivity contribution in [2.75, 3.05) is 0 Å². The number of benzene rings is 1. The molecule has 0 unspecified atom stereocenters. The molecule has 1 heterocycles. The van der Waals surface area contributed by atoms with Crippen LogP contribution in [-0.2, 0) is 17.8 Å². The largest absolute Gasteiger partial charge is 0.392 e. The standard InChI is InChI=1S/C11H11NO2/c13-5-4-9-6-10-8(7-14)2-1-3-11(10)12-9/h1-3,5-6,12,14H,4,7H2. The van der Waals surface area contributed by atoms with E-state index in [-0.39, 0.29) is 6.61 Å². The van der Waals surface area contributed by atoms with Crippen LogP contribution in [0, 0.1) is 0 Å². The molecule has 72 valence electrons. The molecule has 0 atom stereocenters. The number of H-pyrrole nitrogens is 1. The van der Waals surface area contributed by atoms with Crippen molar-refractivity contribution < 1.29 is 9.90 Å². The molecule has 3 nitrogen and oxygen atoms in total. The quantitative estimate of drug-likeness (QED) is 0.717. The second kappa shape index (κ2) is 3.64. The first-order chi connectivity index (χ1) is 6.85. The van der Waals surface area contributed by atoms with Gasteiger partial charge in [0.15, 0.2) is 0 Å². The van der Waals surface area contributed by atoms with E-state index in [0.29, 0.717) is 6.42 Å². The zero-order chi connectivity index (χ0) is 9.97. The lowest BCUT2D eigenvalue weighted by Gasteiger charge is -1.96. The number of aliphatic hydroxyl groups excluding tert-OH is 1. The van der Waals surface area contributed by atoms with Gasteiger partial charge in [0, 0.05) is 23.0 Å². The monoisotopic (exact) mass is 189 g/mol. The fourth-order valence-electron chi connectivity index (χ4n) is 1.61. The molecule has 0 radical (unpaired) electrons. The van der Waals surface area contributed by atoms with Crippen LogP contribution in [-0.4, -0.2) is 16.4 Å². The van der Waals surface area contributed by atoms with Crippen molar-refractivity contribution in [2.24, 2.45) is 0 Å². The number of aliphatic hydroxyl groups is 1. The van der Waals surface area contributed by atoms with Gasteiger partial charge in [0.2, 0.25) is 0 Å². The lowest BCUT2D eigenvalue weighted by atomic mass is 10.1. The van der Waals surface area contributed by atoms with Gasteiger partial charge in [-0.3, -0.25) is 0 Å². The molecular formula is C11H11NO2. The van der Waals surface area contributed by atoms with Crippen LogP contribution in [0.5, 0.6) is 0 Å². The maximum atomic E-state index is 10.3. The van der Waals surface area contributed by atoms with E-state index in [1.54, 1.807) is 0 Å². The van der Waals surface area contributed by atoms with Gasteiger partial charge < -0.3 is 14.9 Å². The maximum Gasteiger partial charge on any atom is 0.125 e. The predicted octanol–water partition coefficient (Wildman–Crippen LogP) is 1.40. The first-order valence-electron chi connectivity index (χ1n) is 4.49. The van der Waals surface area contributed by atoms with Gasteiger partial charge in [0.25, 0.3) is 0 Å². The summed E-state index contributed by atoms with van der Waals surface area (Å²) in [6.07, 6.45) is 1.25. The van der Waals surface area contributed by atoms with Crippen molar-refractivity contribution >= 4 is 17.2 Å². The highest BCUT2D eigenvalue weighted by Gasteiger charge is 2.03. The summed E-state index contributed by atoms with van der Waals surface area (Å²) in [5, 5.41) is 10.1. The molecule has 0 saturated heterocycles. The number of carbonyl (C=O) groups excluding carboxylic acids is 1. The second-order valence-corrected chi connectivity index (χ2v) is 3.20. The normalized spacial score (nSPS) is 10.6. The highest BCUT2D eigenvalue weighted by molar-refractivity contribution is 5.84. The minimum absolute atomic E-state index is 0.0235. The van der Waals surface area contributed by atoms with Gasteiger partial charge in [-0.2, -0.15) is 0 Å². The third kappa shape index (κ3) is 1.42. The molecule has 2 N–H and O–H groups in total. The van der Waals surface area contributed by atoms with E-state index in [0.717, 1.165) is 28.4 Å². The van der Waals surface area contributed by atoms with Crippen LogP contribution in [0.3, 0.4) is 0 Å². The van der Waals surface area contributed by atoms with Crippen molar-refractivity contribution in [3.8, 4) is 0 Å². The minimum atomic E-state index is 0.0235. The summed E-state index contributed by atoms with van der Waals surface area (Å²) in [4.78, 5) is 13.5. The van der Waals surface area contributed by atoms with E-state index >= 15 is 0 Å². The number of nitrogens with one attached hydrogen (secondary N) is 1. The van der Waals surface area contributed by atoms with E-state index in [9.17, 15) is 4.79 Å². The summed E-state index contributed by atoms with van der Waals surface area (Å²) in [6.45, 7) is 0.0235. The Hall–Kier alpha value is -1.61. The molecule has 0 aliphatic heterocycles. The zero-order valence-corrected chi connectivity index (χ0v) is 7.66. The molecule has 3 heteroatoms. The van der Waals surface area contributed by atoms with E-state index in [1.165, 1.54) is 0 Å². The number of fused-ring (bicyclic) bond motifs is 1. The SMILES string of the molecule is O=CCc1cc2c(CO)cccc2[nH]1. The van der Waals surface area contributed by atoms with E-state index in [1.807, 2.05) is 24.3 Å². The predicted molar refractivity (Wildman–Crippen MR) is 54.0 cm³/mol. The summed E-state index contributed by atoms with van der Waals surface area (Å²) in [6, 6.07) is 7.61. The van der Waals surface area contributed by atoms with E-state index < -0.39 is 0 Å². The molecule has 0 bridgehead atoms. The summed E-state index contributed by atoms with van der Waals surface area (Å²) in [7, 11) is 0. The smallest absolute Gasteiger partial charge is 0.125 e. The van der Waals surface area contributed by atoms with Crippen molar-refractivity contribution in [1.82, 2.24) is 4.98 Å². The Labute approximate surface area is 81.4 Å². The first-order valence-corrected chi connectivity index (χ1v) is 4.49. The van der Waals surface area contributed by atoms with Gasteiger partial charge in [-0.25, -0.2) is 0 Å². The molecule has 2 aromatic rings. The van der Waals surface area contributed by atoms with Crippen LogP contribution in [0.2, 0.25) is 0 Å². The molecule has 0 aliphatic carbocycles. The van der Waals surface area contributed by atoms with Gasteiger partial charge >= 0.3 is 0 Å². The van der Waals surface area contributed by atoms with Gasteiger partial charge in [0.05, 0.1) is 6.61 Å². The van der Waals surface area contributed by atoms with Gasteiger partial charge in [-0.05, 0) is 17.7 Å². The van der Waals surface area contributed by atoms with Gasteiger partial charge in [0.1, 0.15) is 6.29 Å². The van der Waals surface area contributed by atoms with Gasteiger partial charge in [-0.1, -0.05) is 12.1 Å². The summed E-state index contributed by atoms with van der Waals surface area (Å²) in [5.41, 5.74) is 2.74. The topological polar surface area (TPSA) is 53.1 Å². The number of hydrogen-bond donors (Lipinski definition) is 2. The number of carbonyl (C=O) groups is 1. The first kappa shape index (κ1) is 8.97. The molecule has 0 amide bonds. The Morgan fingerprint density at radius 2 is 2.29 bits per heavy atom. The summed E-state index contributed by atoms with van der Waals surface area (Å²) < 4.78 is 0. The summed E-state index contributed by atoms with van der Waals surface area (Å²) >= 11 is 0. The summed E-state index contributed by atoms with van der Waals surface area (Å²) in [5.74, 6) is 0. The maximum absolute atomic E-state index is 10.3. The van der Waals surface area contributed by atoms with Crippen LogP contribution in [0.4, 0.5) is 0 Å². The van der Waals surface area contributed by atoms with Crippen LogP contribution >= 0.6 is 0 Å². The molecule has 1 aromatic carbocycles. The third-order valence-corrected chi connectivity index (χ3v) is 2.28. The fraction of sp³-hybridized carbons (Fsp3) is 0.182. The van der Waals surface area contributed by atoms with Crippen LogP contribution < -0.4 is 0 Å². The molecule has 0 aliphatic rings. The Balaban J connectivity index is 2.57. The van der Waals surface area contributed by atoms with Crippen molar-refractivity contribution in [3.63, 3.8) is 0 Å². The van der Waals surface area contributed by atoms with Crippen molar-refractivity contribution in [1.29, 1.82) is 0 Å². The van der Waals surface area contributed by atoms with Crippen LogP contribution in [0.1, 0.15) is 11.3 Å². The highest BCUT2D eigenvalue weighted by atomic mass is 16.3. The highest BCUT2D eigenvalue weighted by Crippen LogP contribution is 2.19. The lowest BCUT2D eigenvalue weighted by molar-refractivity contribution is -0.107. The Morgan fingerprint density at radius 1 is 1.43 bits per heavy atom. The fourth-order valence-corrected chi connectivity index (χ4v) is 1.61. The zero-order valence-electron chi connectivity index (χ0n) is 7.66. The molecule has 2 rings (SSSR count). The Morgan fingerprint density at radius 3 is 3.00 bits per heavy atom. The van der Waals surface area contributed by atoms with E-state index in [2.05, 4.69) is 4.98 Å². The number of rotatable bonds is 3. The number of aromatic amines is 1. The molecule has 0 spiro atoms. The molecule has 1 aromatic heterocycles. The molecule has 0 fully saturated rings. The van der Waals surface area contributed by atoms with Crippen molar-refractivity contribution in [3.05, 3.63) is 35.5 Å². The minimum Gasteiger partial charge on any atom is -0.392 e. The Kier molecular flexibility index (Phi) is 2.33. The number of aromatic nitrogens is 1. The average molecular weight is 189 g/mol. The average Bonchev–Trinajstić information content (AvgIpc) is 2.60. The van der Waals surface area contributed by atoms with Gasteiger partial charge in [-0.15, -0.1) is 0 Å². The molecule has 14 heavy (non-hydrogen) atoms. The van der Waals surface area contributed by atoms with Crippen LogP contribution in [0.15, 0.2) is 24.3 Å².